The Kier molecular flexibility index (Phi) is 6.04. The van der Waals surface area contributed by atoms with Crippen LogP contribution < -0.4 is 0 Å². The van der Waals surface area contributed by atoms with Crippen molar-refractivity contribution in [3.63, 3.8) is 0 Å². The van der Waals surface area contributed by atoms with Gasteiger partial charge in [0.2, 0.25) is 0 Å². The molecule has 0 heterocycles. The van der Waals surface area contributed by atoms with E-state index >= 15 is 0 Å². The number of Topliss-reactive ketones (excluding diaryl/α,β-unsaturated/α-hetero) is 1. The summed E-state index contributed by atoms with van der Waals surface area (Å²) in [6, 6.07) is 0. The molecule has 3 fully saturated rings. The van der Waals surface area contributed by atoms with Crippen LogP contribution in [-0.2, 0) is 23.9 Å². The van der Waals surface area contributed by atoms with Gasteiger partial charge in [0.1, 0.15) is 11.9 Å². The van der Waals surface area contributed by atoms with Crippen LogP contribution in [0, 0.1) is 44.3 Å². The van der Waals surface area contributed by atoms with Gasteiger partial charge in [-0.2, -0.15) is 0 Å². The maximum atomic E-state index is 13.6. The fourth-order valence-corrected chi connectivity index (χ4v) is 10.4. The maximum absolute atomic E-state index is 13.6. The van der Waals surface area contributed by atoms with E-state index < -0.39 is 10.8 Å². The van der Waals surface area contributed by atoms with Gasteiger partial charge in [-0.3, -0.25) is 14.4 Å². The van der Waals surface area contributed by atoms with Gasteiger partial charge in [-0.05, 0) is 92.4 Å². The van der Waals surface area contributed by atoms with Crippen molar-refractivity contribution in [1.82, 2.24) is 0 Å². The highest BCUT2D eigenvalue weighted by atomic mass is 16.5. The minimum absolute atomic E-state index is 0.0390. The lowest BCUT2D eigenvalue weighted by Crippen LogP contribution is -2.63. The van der Waals surface area contributed by atoms with Crippen LogP contribution in [0.3, 0.4) is 0 Å². The van der Waals surface area contributed by atoms with Crippen LogP contribution in [0.4, 0.5) is 0 Å². The molecule has 0 unspecified atom stereocenters. The molecule has 5 rings (SSSR count). The highest BCUT2D eigenvalue weighted by Gasteiger charge is 2.67. The summed E-state index contributed by atoms with van der Waals surface area (Å²) in [5.74, 6) is 0.581. The summed E-state index contributed by atoms with van der Waals surface area (Å²) < 4.78 is 11.0. The average molecular weight is 525 g/mol. The van der Waals surface area contributed by atoms with Crippen molar-refractivity contribution in [2.45, 2.75) is 113 Å². The molecule has 0 aliphatic heterocycles. The van der Waals surface area contributed by atoms with Crippen LogP contribution in [0.25, 0.3) is 0 Å². The predicted octanol–water partition coefficient (Wildman–Crippen LogP) is 6.99. The van der Waals surface area contributed by atoms with Crippen LogP contribution in [0.1, 0.15) is 107 Å². The zero-order valence-corrected chi connectivity index (χ0v) is 25.1. The molecule has 8 atom stereocenters. The Morgan fingerprint density at radius 1 is 0.921 bits per heavy atom. The second-order valence-electron chi connectivity index (χ2n) is 15.2. The quantitative estimate of drug-likeness (QED) is 0.364. The van der Waals surface area contributed by atoms with Crippen LogP contribution in [0.2, 0.25) is 0 Å². The summed E-state index contributed by atoms with van der Waals surface area (Å²) in [7, 11) is 1.43. The van der Waals surface area contributed by atoms with Crippen LogP contribution in [-0.4, -0.2) is 30.9 Å². The fourth-order valence-electron chi connectivity index (χ4n) is 10.4. The lowest BCUT2D eigenvalue weighted by molar-refractivity contribution is -0.197. The second kappa shape index (κ2) is 8.30. The monoisotopic (exact) mass is 524 g/mol. The summed E-state index contributed by atoms with van der Waals surface area (Å²) in [6.45, 7) is 17.6. The maximum Gasteiger partial charge on any atom is 0.312 e. The number of fused-ring (bicyclic) bond motifs is 6. The van der Waals surface area contributed by atoms with Crippen molar-refractivity contribution in [2.24, 2.45) is 44.3 Å². The third-order valence-corrected chi connectivity index (χ3v) is 13.0. The molecule has 0 bridgehead atoms. The van der Waals surface area contributed by atoms with Crippen molar-refractivity contribution in [3.05, 3.63) is 23.3 Å². The van der Waals surface area contributed by atoms with Crippen molar-refractivity contribution in [3.8, 4) is 0 Å². The summed E-state index contributed by atoms with van der Waals surface area (Å²) in [5.41, 5.74) is 1.18. The Balaban J connectivity index is 1.61. The topological polar surface area (TPSA) is 69.7 Å². The highest BCUT2D eigenvalue weighted by molar-refractivity contribution is 5.95. The van der Waals surface area contributed by atoms with Crippen molar-refractivity contribution >= 4 is 17.7 Å². The molecule has 0 aromatic carbocycles. The molecule has 5 aliphatic carbocycles. The number of hydrogen-bond donors (Lipinski definition) is 0. The molecule has 38 heavy (non-hydrogen) atoms. The zero-order valence-electron chi connectivity index (χ0n) is 25.1. The van der Waals surface area contributed by atoms with Crippen LogP contribution >= 0.6 is 0 Å². The molecular formula is C33H48O5. The molecule has 5 heteroatoms. The number of allylic oxidation sites excluding steroid dienone is 4. The summed E-state index contributed by atoms with van der Waals surface area (Å²) in [4.78, 5) is 38.4. The van der Waals surface area contributed by atoms with Crippen molar-refractivity contribution in [1.29, 1.82) is 0 Å². The van der Waals surface area contributed by atoms with Gasteiger partial charge in [-0.1, -0.05) is 52.3 Å². The number of hydrogen-bond acceptors (Lipinski definition) is 5. The Hall–Kier alpha value is -1.91. The third kappa shape index (κ3) is 3.38. The van der Waals surface area contributed by atoms with Crippen LogP contribution in [0.15, 0.2) is 23.3 Å². The predicted molar refractivity (Wildman–Crippen MR) is 147 cm³/mol. The lowest BCUT2D eigenvalue weighted by Gasteiger charge is -2.69. The Labute approximate surface area is 229 Å². The number of methoxy groups -OCH3 is 1. The molecule has 0 aromatic heterocycles. The van der Waals surface area contributed by atoms with Gasteiger partial charge in [0.25, 0.3) is 0 Å². The Bertz CT molecular complexity index is 1150. The molecule has 0 spiro atoms. The molecule has 0 amide bonds. The van der Waals surface area contributed by atoms with E-state index in [2.05, 4.69) is 53.7 Å². The van der Waals surface area contributed by atoms with Crippen molar-refractivity contribution < 1.29 is 23.9 Å². The van der Waals surface area contributed by atoms with E-state index in [9.17, 15) is 14.4 Å². The first-order chi connectivity index (χ1) is 17.5. The molecular weight excluding hydrogens is 476 g/mol. The lowest BCUT2D eigenvalue weighted by atomic mass is 9.35. The van der Waals surface area contributed by atoms with Gasteiger partial charge >= 0.3 is 11.9 Å². The number of esters is 2. The van der Waals surface area contributed by atoms with E-state index in [0.717, 1.165) is 38.5 Å². The standard InChI is InChI=1S/C33H48O5/c1-20(34)38-26-13-14-31(6)23(28(26,2)3)12-15-33(8)24(31)11-10-21-22-18-29(4,27(36)37-9)19-25(35)30(22,5)16-17-32(21,33)7/h10-11,23-24,26H,12-19H2,1-9H3/t23-,24+,26+,29-,30-,31+,32-,33-/m1/s1. The van der Waals surface area contributed by atoms with E-state index in [1.807, 2.05) is 6.92 Å². The van der Waals surface area contributed by atoms with Gasteiger partial charge in [-0.15, -0.1) is 0 Å². The number of ketones is 1. The van der Waals surface area contributed by atoms with E-state index in [1.54, 1.807) is 0 Å². The van der Waals surface area contributed by atoms with Crippen LogP contribution in [0.5, 0.6) is 0 Å². The highest BCUT2D eigenvalue weighted by Crippen LogP contribution is 2.74. The Morgan fingerprint density at radius 2 is 1.61 bits per heavy atom. The molecule has 0 aromatic rings. The van der Waals surface area contributed by atoms with Gasteiger partial charge in [0.05, 0.1) is 12.5 Å². The largest absolute Gasteiger partial charge is 0.469 e. The minimum atomic E-state index is -0.805. The van der Waals surface area contributed by atoms with E-state index in [1.165, 1.54) is 25.2 Å². The summed E-state index contributed by atoms with van der Waals surface area (Å²) >= 11 is 0. The first-order valence-electron chi connectivity index (χ1n) is 14.7. The molecule has 210 valence electrons. The fraction of sp³-hybridized carbons (Fsp3) is 0.788. The molecule has 0 saturated heterocycles. The normalized spacial score (nSPS) is 47.3. The second-order valence-corrected chi connectivity index (χ2v) is 15.2. The van der Waals surface area contributed by atoms with Gasteiger partial charge in [-0.25, -0.2) is 0 Å². The minimum Gasteiger partial charge on any atom is -0.469 e. The molecule has 5 aliphatic rings. The number of carbonyl (C=O) groups excluding carboxylic acids is 3. The number of ether oxygens (including phenoxy) is 2. The van der Waals surface area contributed by atoms with Gasteiger partial charge in [0.15, 0.2) is 0 Å². The number of carbonyl (C=O) groups is 3. The first-order valence-corrected chi connectivity index (χ1v) is 14.7. The summed E-state index contributed by atoms with van der Waals surface area (Å²) in [5, 5.41) is 0. The van der Waals surface area contributed by atoms with Gasteiger partial charge < -0.3 is 9.47 Å². The molecule has 5 nitrogen and oxygen atoms in total. The smallest absolute Gasteiger partial charge is 0.312 e. The third-order valence-electron chi connectivity index (χ3n) is 13.0. The molecule has 3 saturated carbocycles. The SMILES string of the molecule is COC(=O)[C@@]1(C)CC(=O)[C@]2(C)CC[C@]3(C)C(=C2C1)C=C[C@H]1[C@@]2(C)CC[C@H](OC(C)=O)C(C)(C)[C@H]2CC[C@]13C. The van der Waals surface area contributed by atoms with Gasteiger partial charge in [0, 0.05) is 24.2 Å². The van der Waals surface area contributed by atoms with E-state index in [-0.39, 0.29) is 51.9 Å². The zero-order chi connectivity index (χ0) is 28.1. The van der Waals surface area contributed by atoms with E-state index in [0.29, 0.717) is 18.3 Å². The molecule has 0 N–H and O–H groups in total. The number of rotatable bonds is 2. The Morgan fingerprint density at radius 3 is 2.24 bits per heavy atom. The average Bonchev–Trinajstić information content (AvgIpc) is 2.82. The molecule has 0 radical (unpaired) electrons. The van der Waals surface area contributed by atoms with Crippen molar-refractivity contribution in [2.75, 3.05) is 7.11 Å². The van der Waals surface area contributed by atoms with E-state index in [4.69, 9.17) is 9.47 Å². The first kappa shape index (κ1) is 27.6. The summed E-state index contributed by atoms with van der Waals surface area (Å²) in [6.07, 6.45) is 11.6.